The SMILES string of the molecule is NC(=O)CN1c2ccccc2C(=O)N[C@@H]1c1cccc(Cl)c1. The molecule has 5 nitrogen and oxygen atoms in total. The molecule has 0 spiro atoms. The number of para-hydroxylation sites is 1. The van der Waals surface area contributed by atoms with Crippen LogP contribution in [0, 0.1) is 0 Å². The Morgan fingerprint density at radius 3 is 2.73 bits per heavy atom. The van der Waals surface area contributed by atoms with Crippen molar-refractivity contribution in [2.45, 2.75) is 6.17 Å². The van der Waals surface area contributed by atoms with Gasteiger partial charge in [-0.15, -0.1) is 0 Å². The summed E-state index contributed by atoms with van der Waals surface area (Å²) in [7, 11) is 0. The third-order valence-corrected chi connectivity index (χ3v) is 3.76. The molecule has 0 fully saturated rings. The lowest BCUT2D eigenvalue weighted by molar-refractivity contribution is -0.116. The molecule has 1 atom stereocenters. The van der Waals surface area contributed by atoms with Gasteiger partial charge in [-0.05, 0) is 29.8 Å². The summed E-state index contributed by atoms with van der Waals surface area (Å²) < 4.78 is 0. The van der Waals surface area contributed by atoms with Gasteiger partial charge in [0, 0.05) is 5.02 Å². The first-order valence-electron chi connectivity index (χ1n) is 6.76. The van der Waals surface area contributed by atoms with Crippen molar-refractivity contribution in [2.75, 3.05) is 11.4 Å². The van der Waals surface area contributed by atoms with Crippen LogP contribution in [0.5, 0.6) is 0 Å². The summed E-state index contributed by atoms with van der Waals surface area (Å²) in [5.74, 6) is -0.667. The Hall–Kier alpha value is -2.53. The number of rotatable bonds is 3. The average Bonchev–Trinajstić information content (AvgIpc) is 2.49. The molecule has 2 amide bonds. The number of hydrogen-bond donors (Lipinski definition) is 2. The number of nitrogens with zero attached hydrogens (tertiary/aromatic N) is 1. The number of amides is 2. The molecule has 1 aliphatic heterocycles. The number of nitrogens with one attached hydrogen (secondary N) is 1. The molecule has 1 aliphatic rings. The number of carbonyl (C=O) groups excluding carboxylic acids is 2. The zero-order chi connectivity index (χ0) is 15.7. The lowest BCUT2D eigenvalue weighted by Crippen LogP contribution is -2.49. The molecular formula is C16H14ClN3O2. The van der Waals surface area contributed by atoms with Gasteiger partial charge in [0.2, 0.25) is 5.91 Å². The van der Waals surface area contributed by atoms with E-state index in [9.17, 15) is 9.59 Å². The van der Waals surface area contributed by atoms with E-state index in [1.54, 1.807) is 41.3 Å². The molecule has 0 aliphatic carbocycles. The van der Waals surface area contributed by atoms with Crippen molar-refractivity contribution < 1.29 is 9.59 Å². The Labute approximate surface area is 132 Å². The van der Waals surface area contributed by atoms with E-state index in [4.69, 9.17) is 17.3 Å². The maximum Gasteiger partial charge on any atom is 0.255 e. The minimum absolute atomic E-state index is 0.00548. The standard InChI is InChI=1S/C16H14ClN3O2/c17-11-5-3-4-10(8-11)15-19-16(22)12-6-1-2-7-13(12)20(15)9-14(18)21/h1-8,15H,9H2,(H2,18,21)(H,19,22)/t15-/m0/s1. The minimum atomic E-state index is -0.492. The summed E-state index contributed by atoms with van der Waals surface area (Å²) in [5, 5.41) is 3.45. The Bertz CT molecular complexity index is 748. The number of halogens is 1. The van der Waals surface area contributed by atoms with Crippen molar-refractivity contribution in [3.63, 3.8) is 0 Å². The molecule has 0 radical (unpaired) electrons. The fourth-order valence-corrected chi connectivity index (χ4v) is 2.82. The van der Waals surface area contributed by atoms with Crippen molar-refractivity contribution in [3.8, 4) is 0 Å². The molecule has 22 heavy (non-hydrogen) atoms. The third-order valence-electron chi connectivity index (χ3n) is 3.53. The molecule has 2 aromatic carbocycles. The maximum absolute atomic E-state index is 12.3. The van der Waals surface area contributed by atoms with Crippen LogP contribution in [0.1, 0.15) is 22.1 Å². The van der Waals surface area contributed by atoms with E-state index >= 15 is 0 Å². The van der Waals surface area contributed by atoms with E-state index < -0.39 is 12.1 Å². The van der Waals surface area contributed by atoms with Crippen LogP contribution >= 0.6 is 11.6 Å². The van der Waals surface area contributed by atoms with Gasteiger partial charge < -0.3 is 16.0 Å². The fourth-order valence-electron chi connectivity index (χ4n) is 2.62. The lowest BCUT2D eigenvalue weighted by Gasteiger charge is -2.38. The van der Waals surface area contributed by atoms with Gasteiger partial charge in [-0.25, -0.2) is 0 Å². The second-order valence-electron chi connectivity index (χ2n) is 5.04. The van der Waals surface area contributed by atoms with Crippen LogP contribution in [0.25, 0.3) is 0 Å². The topological polar surface area (TPSA) is 75.4 Å². The van der Waals surface area contributed by atoms with Crippen molar-refractivity contribution >= 4 is 29.1 Å². The van der Waals surface area contributed by atoms with E-state index in [1.165, 1.54) is 0 Å². The summed E-state index contributed by atoms with van der Waals surface area (Å²) in [6.45, 7) is -0.00548. The summed E-state index contributed by atoms with van der Waals surface area (Å²) in [6.07, 6.45) is -0.492. The summed E-state index contributed by atoms with van der Waals surface area (Å²) >= 11 is 6.03. The molecule has 2 aromatic rings. The van der Waals surface area contributed by atoms with E-state index in [-0.39, 0.29) is 12.5 Å². The van der Waals surface area contributed by atoms with Crippen LogP contribution in [-0.4, -0.2) is 18.4 Å². The van der Waals surface area contributed by atoms with Gasteiger partial charge in [-0.1, -0.05) is 35.9 Å². The fraction of sp³-hybridized carbons (Fsp3) is 0.125. The monoisotopic (exact) mass is 315 g/mol. The Morgan fingerprint density at radius 1 is 1.23 bits per heavy atom. The van der Waals surface area contributed by atoms with E-state index in [0.717, 1.165) is 5.56 Å². The van der Waals surface area contributed by atoms with Crippen LogP contribution < -0.4 is 16.0 Å². The van der Waals surface area contributed by atoms with Gasteiger partial charge >= 0.3 is 0 Å². The van der Waals surface area contributed by atoms with Crippen molar-refractivity contribution in [2.24, 2.45) is 5.73 Å². The van der Waals surface area contributed by atoms with Gasteiger partial charge in [-0.2, -0.15) is 0 Å². The largest absolute Gasteiger partial charge is 0.368 e. The van der Waals surface area contributed by atoms with Gasteiger partial charge in [-0.3, -0.25) is 9.59 Å². The number of hydrogen-bond acceptors (Lipinski definition) is 3. The normalized spacial score (nSPS) is 16.9. The zero-order valence-corrected chi connectivity index (χ0v) is 12.4. The molecule has 0 bridgehead atoms. The highest BCUT2D eigenvalue weighted by atomic mass is 35.5. The van der Waals surface area contributed by atoms with Gasteiger partial charge in [0.1, 0.15) is 6.17 Å². The summed E-state index contributed by atoms with van der Waals surface area (Å²) in [5.41, 5.74) is 7.35. The van der Waals surface area contributed by atoms with Crippen molar-refractivity contribution in [1.29, 1.82) is 0 Å². The highest BCUT2D eigenvalue weighted by molar-refractivity contribution is 6.30. The van der Waals surface area contributed by atoms with E-state index in [1.807, 2.05) is 12.1 Å². The Balaban J connectivity index is 2.09. The van der Waals surface area contributed by atoms with Gasteiger partial charge in [0.25, 0.3) is 5.91 Å². The van der Waals surface area contributed by atoms with Crippen LogP contribution in [0.2, 0.25) is 5.02 Å². The first-order valence-corrected chi connectivity index (χ1v) is 7.14. The van der Waals surface area contributed by atoms with Crippen LogP contribution in [0.3, 0.4) is 0 Å². The van der Waals surface area contributed by atoms with Gasteiger partial charge in [0.15, 0.2) is 0 Å². The molecule has 112 valence electrons. The predicted molar refractivity (Wildman–Crippen MR) is 84.6 cm³/mol. The first-order chi connectivity index (χ1) is 10.6. The number of nitrogens with two attached hydrogens (primary N) is 1. The number of primary amides is 1. The molecule has 0 aromatic heterocycles. The summed E-state index contributed by atoms with van der Waals surface area (Å²) in [6, 6.07) is 14.3. The maximum atomic E-state index is 12.3. The van der Waals surface area contributed by atoms with Crippen molar-refractivity contribution in [1.82, 2.24) is 5.32 Å². The third kappa shape index (κ3) is 2.63. The number of fused-ring (bicyclic) bond motifs is 1. The molecule has 3 N–H and O–H groups in total. The smallest absolute Gasteiger partial charge is 0.255 e. The molecule has 3 rings (SSSR count). The average molecular weight is 316 g/mol. The second kappa shape index (κ2) is 5.69. The minimum Gasteiger partial charge on any atom is -0.368 e. The van der Waals surface area contributed by atoms with Crippen molar-refractivity contribution in [3.05, 3.63) is 64.7 Å². The van der Waals surface area contributed by atoms with E-state index in [0.29, 0.717) is 16.3 Å². The number of carbonyl (C=O) groups is 2. The highest BCUT2D eigenvalue weighted by Gasteiger charge is 2.32. The molecular weight excluding hydrogens is 302 g/mol. The molecule has 0 saturated carbocycles. The molecule has 0 unspecified atom stereocenters. The van der Waals surface area contributed by atoms with Crippen LogP contribution in [0.15, 0.2) is 48.5 Å². The van der Waals surface area contributed by atoms with Crippen LogP contribution in [-0.2, 0) is 4.79 Å². The predicted octanol–water partition coefficient (Wildman–Crippen LogP) is 2.07. The van der Waals surface area contributed by atoms with Gasteiger partial charge in [0.05, 0.1) is 17.8 Å². The second-order valence-corrected chi connectivity index (χ2v) is 5.48. The Morgan fingerprint density at radius 2 is 2.00 bits per heavy atom. The molecule has 1 heterocycles. The van der Waals surface area contributed by atoms with E-state index in [2.05, 4.69) is 5.32 Å². The number of benzene rings is 2. The molecule has 0 saturated heterocycles. The quantitative estimate of drug-likeness (QED) is 0.910. The zero-order valence-electron chi connectivity index (χ0n) is 11.6. The molecule has 6 heteroatoms. The number of anilines is 1. The lowest BCUT2D eigenvalue weighted by atomic mass is 10.0. The highest BCUT2D eigenvalue weighted by Crippen LogP contribution is 2.33. The summed E-state index contributed by atoms with van der Waals surface area (Å²) in [4.78, 5) is 25.5. The Kier molecular flexibility index (Phi) is 3.73. The van der Waals surface area contributed by atoms with Crippen LogP contribution in [0.4, 0.5) is 5.69 Å². The first kappa shape index (κ1) is 14.4.